The van der Waals surface area contributed by atoms with Crippen LogP contribution in [0.5, 0.6) is 0 Å². The van der Waals surface area contributed by atoms with Crippen molar-refractivity contribution in [2.75, 3.05) is 39.6 Å². The van der Waals surface area contributed by atoms with E-state index in [4.69, 9.17) is 37.0 Å². The lowest BCUT2D eigenvalue weighted by molar-refractivity contribution is -0.161. The number of hydrogen-bond acceptors (Lipinski definition) is 15. The molecule has 0 aromatic carbocycles. The first-order valence-electron chi connectivity index (χ1n) is 41.2. The van der Waals surface area contributed by atoms with Crippen LogP contribution in [-0.4, -0.2) is 96.7 Å². The quantitative estimate of drug-likeness (QED) is 0.0169. The SMILES string of the molecule is CCCCCC/C=C\C=C/CCCCCCCC(=O)O[C@H](COC(=O)CCCCCCCCC(C)C)COP(=O)(O)OC[C@H](O)COP(=O)(O)OC[C@@H](COC(=O)CCCCCCCCCCCCCC(C)C)OC(=O)CCCCCCCCCCCCCCCCCCCCC(C)CC. The lowest BCUT2D eigenvalue weighted by Crippen LogP contribution is -2.30. The van der Waals surface area contributed by atoms with Gasteiger partial charge in [0.25, 0.3) is 0 Å². The van der Waals surface area contributed by atoms with E-state index in [-0.39, 0.29) is 25.7 Å². The first-order chi connectivity index (χ1) is 48.3. The van der Waals surface area contributed by atoms with Gasteiger partial charge in [-0.15, -0.1) is 0 Å². The highest BCUT2D eigenvalue weighted by atomic mass is 31.2. The summed E-state index contributed by atoms with van der Waals surface area (Å²) >= 11 is 0. The Labute approximate surface area is 612 Å². The number of allylic oxidation sites excluding steroid dienone is 4. The molecule has 17 nitrogen and oxygen atoms in total. The second-order valence-electron chi connectivity index (χ2n) is 29.7. The maximum Gasteiger partial charge on any atom is 0.472 e. The third-order valence-corrected chi connectivity index (χ3v) is 20.5. The number of unbranched alkanes of at least 4 members (excludes halogenated alkanes) is 41. The van der Waals surface area contributed by atoms with Crippen LogP contribution in [0.2, 0.25) is 0 Å². The molecule has 0 heterocycles. The van der Waals surface area contributed by atoms with Gasteiger partial charge in [-0.2, -0.15) is 0 Å². The van der Waals surface area contributed by atoms with Gasteiger partial charge in [0.15, 0.2) is 12.2 Å². The number of phosphoric acid groups is 2. The van der Waals surface area contributed by atoms with Gasteiger partial charge in [0.05, 0.1) is 26.4 Å². The molecule has 19 heteroatoms. The van der Waals surface area contributed by atoms with Crippen LogP contribution >= 0.6 is 15.6 Å². The third-order valence-electron chi connectivity index (χ3n) is 18.6. The Hall–Kier alpha value is -2.46. The van der Waals surface area contributed by atoms with Gasteiger partial charge in [0.1, 0.15) is 19.3 Å². The molecule has 590 valence electrons. The van der Waals surface area contributed by atoms with Gasteiger partial charge in [-0.1, -0.05) is 342 Å². The van der Waals surface area contributed by atoms with Crippen molar-refractivity contribution in [1.29, 1.82) is 0 Å². The molecule has 100 heavy (non-hydrogen) atoms. The summed E-state index contributed by atoms with van der Waals surface area (Å²) in [4.78, 5) is 72.9. The van der Waals surface area contributed by atoms with Crippen LogP contribution in [0.15, 0.2) is 24.3 Å². The number of aliphatic hydroxyl groups excluding tert-OH is 1. The largest absolute Gasteiger partial charge is 0.472 e. The van der Waals surface area contributed by atoms with Gasteiger partial charge >= 0.3 is 39.5 Å². The fourth-order valence-electron chi connectivity index (χ4n) is 11.9. The molecular formula is C81H154O17P2. The van der Waals surface area contributed by atoms with Crippen molar-refractivity contribution in [1.82, 2.24) is 0 Å². The fourth-order valence-corrected chi connectivity index (χ4v) is 13.5. The molecule has 3 N–H and O–H groups in total. The highest BCUT2D eigenvalue weighted by Crippen LogP contribution is 2.45. The topological polar surface area (TPSA) is 237 Å². The lowest BCUT2D eigenvalue weighted by Gasteiger charge is -2.21. The van der Waals surface area contributed by atoms with Gasteiger partial charge in [-0.05, 0) is 69.1 Å². The van der Waals surface area contributed by atoms with Gasteiger partial charge < -0.3 is 33.8 Å². The smallest absolute Gasteiger partial charge is 0.462 e. The van der Waals surface area contributed by atoms with Crippen molar-refractivity contribution in [2.24, 2.45) is 17.8 Å². The lowest BCUT2D eigenvalue weighted by atomic mass is 9.99. The molecule has 0 aliphatic heterocycles. The molecule has 0 fully saturated rings. The van der Waals surface area contributed by atoms with E-state index in [1.165, 1.54) is 186 Å². The Kier molecular flexibility index (Phi) is 69.1. The third kappa shape index (κ3) is 72.5. The van der Waals surface area contributed by atoms with E-state index in [0.29, 0.717) is 31.6 Å². The van der Waals surface area contributed by atoms with Crippen molar-refractivity contribution >= 4 is 39.5 Å². The number of rotatable bonds is 77. The van der Waals surface area contributed by atoms with Crippen molar-refractivity contribution in [3.63, 3.8) is 0 Å². The zero-order valence-corrected chi connectivity index (χ0v) is 66.9. The van der Waals surface area contributed by atoms with E-state index in [0.717, 1.165) is 121 Å². The van der Waals surface area contributed by atoms with Crippen molar-refractivity contribution < 1.29 is 80.2 Å². The zero-order valence-electron chi connectivity index (χ0n) is 65.2. The standard InChI is InChI=1S/C81H154O17P2/c1-8-10-11-12-13-14-15-16-21-25-30-36-41-50-57-65-81(86)98-77(69-92-79(84)63-56-49-44-43-46-53-60-73(5)6)71-96-100(89,90)94-67-75(82)66-93-99(87,88)95-70-76(68-91-78(83)62-55-48-40-35-32-27-28-33-38-45-52-59-72(3)4)97-80(85)64-58-51-42-37-31-26-23-20-18-17-19-22-24-29-34-39-47-54-61-74(7)9-2/h14-16,21,72-77,82H,8-13,17-20,22-71H2,1-7H3,(H,87,88)(H,89,90)/b15-14-,21-16-/t74?,75-,76-,77-/m1/s1. The van der Waals surface area contributed by atoms with E-state index < -0.39 is 97.5 Å². The fraction of sp³-hybridized carbons (Fsp3) is 0.901. The molecule has 0 aromatic heterocycles. The van der Waals surface area contributed by atoms with E-state index >= 15 is 0 Å². The molecule has 0 aliphatic rings. The normalized spacial score (nSPS) is 14.4. The minimum Gasteiger partial charge on any atom is -0.462 e. The van der Waals surface area contributed by atoms with Crippen LogP contribution in [0.3, 0.4) is 0 Å². The van der Waals surface area contributed by atoms with Crippen LogP contribution < -0.4 is 0 Å². The Morgan fingerprint density at radius 3 is 0.890 bits per heavy atom. The van der Waals surface area contributed by atoms with Gasteiger partial charge in [-0.25, -0.2) is 9.13 Å². The van der Waals surface area contributed by atoms with Crippen LogP contribution in [-0.2, 0) is 65.4 Å². The number of esters is 4. The second kappa shape index (κ2) is 70.8. The zero-order chi connectivity index (χ0) is 73.7. The Bertz CT molecular complexity index is 2040. The van der Waals surface area contributed by atoms with Crippen molar-refractivity contribution in [2.45, 2.75) is 414 Å². The number of phosphoric ester groups is 2. The second-order valence-corrected chi connectivity index (χ2v) is 32.6. The maximum absolute atomic E-state index is 13.1. The predicted octanol–water partition coefficient (Wildman–Crippen LogP) is 23.7. The summed E-state index contributed by atoms with van der Waals surface area (Å²) in [7, 11) is -9.93. The minimum atomic E-state index is -4.97. The monoisotopic (exact) mass is 1460 g/mol. The molecular weight excluding hydrogens is 1310 g/mol. The first-order valence-corrected chi connectivity index (χ1v) is 44.2. The van der Waals surface area contributed by atoms with Crippen LogP contribution in [0.1, 0.15) is 395 Å². The first kappa shape index (κ1) is 97.5. The number of ether oxygens (including phenoxy) is 4. The predicted molar refractivity (Wildman–Crippen MR) is 409 cm³/mol. The highest BCUT2D eigenvalue weighted by Gasteiger charge is 2.30. The average molecular weight is 1460 g/mol. The number of aliphatic hydroxyl groups is 1. The molecule has 0 saturated carbocycles. The number of hydrogen-bond donors (Lipinski definition) is 3. The Balaban J connectivity index is 5.23. The van der Waals surface area contributed by atoms with Crippen LogP contribution in [0, 0.1) is 17.8 Å². The van der Waals surface area contributed by atoms with Crippen LogP contribution in [0.25, 0.3) is 0 Å². The Morgan fingerprint density at radius 2 is 0.590 bits per heavy atom. The molecule has 0 aromatic rings. The summed E-state index contributed by atoms with van der Waals surface area (Å²) in [5.41, 5.74) is 0. The molecule has 0 aliphatic carbocycles. The number of carbonyl (C=O) groups is 4. The van der Waals surface area contributed by atoms with Gasteiger partial charge in [0.2, 0.25) is 0 Å². The van der Waals surface area contributed by atoms with E-state index in [9.17, 15) is 43.2 Å². The van der Waals surface area contributed by atoms with Gasteiger partial charge in [-0.3, -0.25) is 37.3 Å². The van der Waals surface area contributed by atoms with E-state index in [2.05, 4.69) is 72.8 Å². The molecule has 3 unspecified atom stereocenters. The molecule has 0 rings (SSSR count). The molecule has 0 saturated heterocycles. The average Bonchev–Trinajstić information content (AvgIpc) is 0.915. The summed E-state index contributed by atoms with van der Waals surface area (Å²) in [5, 5.41) is 10.6. The van der Waals surface area contributed by atoms with E-state index in [1.54, 1.807) is 0 Å². The summed E-state index contributed by atoms with van der Waals surface area (Å²) in [5.74, 6) is 0.170. The number of carbonyl (C=O) groups excluding carboxylic acids is 4. The van der Waals surface area contributed by atoms with Crippen molar-refractivity contribution in [3.05, 3.63) is 24.3 Å². The summed E-state index contributed by atoms with van der Waals surface area (Å²) in [6.45, 7) is 11.8. The Morgan fingerprint density at radius 1 is 0.330 bits per heavy atom. The van der Waals surface area contributed by atoms with E-state index in [1.807, 2.05) is 0 Å². The molecule has 0 spiro atoms. The van der Waals surface area contributed by atoms with Crippen molar-refractivity contribution in [3.8, 4) is 0 Å². The summed E-state index contributed by atoms with van der Waals surface area (Å²) in [6, 6.07) is 0. The minimum absolute atomic E-state index is 0.0838. The van der Waals surface area contributed by atoms with Crippen LogP contribution in [0.4, 0.5) is 0 Å². The molecule has 0 radical (unpaired) electrons. The molecule has 6 atom stereocenters. The highest BCUT2D eigenvalue weighted by molar-refractivity contribution is 7.47. The van der Waals surface area contributed by atoms with Gasteiger partial charge in [0, 0.05) is 25.7 Å². The molecule has 0 bridgehead atoms. The maximum atomic E-state index is 13.1. The molecule has 0 amide bonds. The summed E-state index contributed by atoms with van der Waals surface area (Å²) < 4.78 is 68.6. The summed E-state index contributed by atoms with van der Waals surface area (Å²) in [6.07, 6.45) is 62.1.